The quantitative estimate of drug-likeness (QED) is 0.397. The third-order valence-corrected chi connectivity index (χ3v) is 5.94. The molecule has 0 aliphatic carbocycles. The molecule has 2 atom stereocenters. The van der Waals surface area contributed by atoms with Crippen LogP contribution < -0.4 is 14.8 Å². The molecule has 1 aliphatic heterocycles. The molecule has 0 saturated carbocycles. The van der Waals surface area contributed by atoms with Crippen molar-refractivity contribution in [1.29, 1.82) is 0 Å². The van der Waals surface area contributed by atoms with Gasteiger partial charge in [0.2, 0.25) is 12.0 Å². The highest BCUT2D eigenvalue weighted by Crippen LogP contribution is 2.33. The number of furan rings is 2. The molecule has 0 spiro atoms. The fraction of sp³-hybridized carbons (Fsp3) is 0.214. The van der Waals surface area contributed by atoms with Gasteiger partial charge in [-0.2, -0.15) is 0 Å². The third kappa shape index (κ3) is 5.12. The molecule has 4 aromatic rings. The van der Waals surface area contributed by atoms with Crippen molar-refractivity contribution in [3.8, 4) is 11.5 Å². The Hall–Kier alpha value is -4.46. The molecule has 0 fully saturated rings. The lowest BCUT2D eigenvalue weighted by Gasteiger charge is -2.35. The summed E-state index contributed by atoms with van der Waals surface area (Å²) >= 11 is 0. The molecule has 184 valence electrons. The van der Waals surface area contributed by atoms with Gasteiger partial charge in [0.05, 0.1) is 25.6 Å². The van der Waals surface area contributed by atoms with E-state index in [-0.39, 0.29) is 31.5 Å². The Balaban J connectivity index is 1.48. The zero-order valence-corrected chi connectivity index (χ0v) is 19.8. The Morgan fingerprint density at radius 3 is 2.31 bits per heavy atom. The molecule has 0 unspecified atom stereocenters. The zero-order chi connectivity index (χ0) is 24.9. The average molecular weight is 487 g/mol. The van der Waals surface area contributed by atoms with Gasteiger partial charge in [0.1, 0.15) is 24.2 Å². The van der Waals surface area contributed by atoms with Crippen LogP contribution in [-0.2, 0) is 22.7 Å². The van der Waals surface area contributed by atoms with E-state index in [0.29, 0.717) is 28.6 Å². The molecule has 5 rings (SSSR count). The molecule has 2 amide bonds. The molecule has 1 aliphatic rings. The Morgan fingerprint density at radius 2 is 1.61 bits per heavy atom. The molecule has 0 radical (unpaired) electrons. The molecule has 2 aromatic carbocycles. The zero-order valence-electron chi connectivity index (χ0n) is 19.8. The van der Waals surface area contributed by atoms with Crippen LogP contribution in [0, 0.1) is 6.92 Å². The summed E-state index contributed by atoms with van der Waals surface area (Å²) in [5.41, 5.74) is 1.70. The molecule has 8 nitrogen and oxygen atoms in total. The van der Waals surface area contributed by atoms with Crippen LogP contribution in [0.3, 0.4) is 0 Å². The van der Waals surface area contributed by atoms with E-state index in [2.05, 4.69) is 5.32 Å². The minimum Gasteiger partial charge on any atom is -0.485 e. The monoisotopic (exact) mass is 486 g/mol. The van der Waals surface area contributed by atoms with Crippen molar-refractivity contribution < 1.29 is 27.9 Å². The van der Waals surface area contributed by atoms with Gasteiger partial charge < -0.3 is 28.5 Å². The van der Waals surface area contributed by atoms with Crippen molar-refractivity contribution in [3.05, 3.63) is 108 Å². The number of ether oxygens (including phenoxy) is 2. The van der Waals surface area contributed by atoms with Crippen LogP contribution in [0.2, 0.25) is 0 Å². The van der Waals surface area contributed by atoms with Gasteiger partial charge in [-0.05, 0) is 48.9 Å². The van der Waals surface area contributed by atoms with Gasteiger partial charge in [-0.3, -0.25) is 9.59 Å². The maximum Gasteiger partial charge on any atom is 0.268 e. The van der Waals surface area contributed by atoms with Gasteiger partial charge in [-0.1, -0.05) is 42.0 Å². The fourth-order valence-electron chi connectivity index (χ4n) is 4.10. The number of aryl methyl sites for hydroxylation is 1. The predicted molar refractivity (Wildman–Crippen MR) is 130 cm³/mol. The van der Waals surface area contributed by atoms with Crippen LogP contribution in [0.5, 0.6) is 11.5 Å². The fourth-order valence-corrected chi connectivity index (χ4v) is 4.10. The third-order valence-electron chi connectivity index (χ3n) is 5.94. The standard InChI is InChI=1S/C28H26N2O6/c1-19-10-12-20(13-11-19)26(27(31)29-16-21-6-4-14-33-21)30(17-22-7-5-15-34-22)28(32)25-18-35-23-8-2-3-9-24(23)36-25/h2-15,25-26H,16-18H2,1H3,(H,29,31)/t25-,26-/m1/s1. The van der Waals surface area contributed by atoms with Crippen LogP contribution in [0.15, 0.2) is 94.2 Å². The number of amides is 2. The second kappa shape index (κ2) is 10.4. The van der Waals surface area contributed by atoms with Crippen molar-refractivity contribution in [3.63, 3.8) is 0 Å². The van der Waals surface area contributed by atoms with Gasteiger partial charge in [-0.25, -0.2) is 0 Å². The summed E-state index contributed by atoms with van der Waals surface area (Å²) in [4.78, 5) is 29.0. The lowest BCUT2D eigenvalue weighted by Crippen LogP contribution is -2.50. The summed E-state index contributed by atoms with van der Waals surface area (Å²) in [5.74, 6) is 1.46. The average Bonchev–Trinajstić information content (AvgIpc) is 3.62. The van der Waals surface area contributed by atoms with Crippen LogP contribution in [0.1, 0.15) is 28.7 Å². The van der Waals surface area contributed by atoms with E-state index in [1.807, 2.05) is 43.3 Å². The van der Waals surface area contributed by atoms with Crippen molar-refractivity contribution in [1.82, 2.24) is 10.2 Å². The van der Waals surface area contributed by atoms with Crippen molar-refractivity contribution in [2.45, 2.75) is 32.2 Å². The Morgan fingerprint density at radius 1 is 0.917 bits per heavy atom. The number of nitrogens with one attached hydrogen (secondary N) is 1. The SMILES string of the molecule is Cc1ccc([C@H](C(=O)NCc2ccco2)N(Cc2ccco2)C(=O)[C@H]2COc3ccccc3O2)cc1. The summed E-state index contributed by atoms with van der Waals surface area (Å²) in [7, 11) is 0. The molecule has 36 heavy (non-hydrogen) atoms. The highest BCUT2D eigenvalue weighted by atomic mass is 16.6. The first-order valence-electron chi connectivity index (χ1n) is 11.7. The summed E-state index contributed by atoms with van der Waals surface area (Å²) < 4.78 is 22.7. The number of benzene rings is 2. The Bertz CT molecular complexity index is 1300. The van der Waals surface area contributed by atoms with E-state index in [9.17, 15) is 9.59 Å². The lowest BCUT2D eigenvalue weighted by atomic mass is 10.0. The highest BCUT2D eigenvalue weighted by molar-refractivity contribution is 5.90. The Labute approximate surface area is 208 Å². The van der Waals surface area contributed by atoms with E-state index in [4.69, 9.17) is 18.3 Å². The molecule has 0 saturated heterocycles. The molecular formula is C28H26N2O6. The second-order valence-electron chi connectivity index (χ2n) is 8.52. The van der Waals surface area contributed by atoms with Gasteiger partial charge in [-0.15, -0.1) is 0 Å². The second-order valence-corrected chi connectivity index (χ2v) is 8.52. The minimum atomic E-state index is -0.945. The van der Waals surface area contributed by atoms with E-state index >= 15 is 0 Å². The normalized spacial score (nSPS) is 15.2. The van der Waals surface area contributed by atoms with E-state index in [0.717, 1.165) is 5.56 Å². The van der Waals surface area contributed by atoms with Crippen LogP contribution in [0.25, 0.3) is 0 Å². The molecule has 2 aromatic heterocycles. The maximum atomic E-state index is 13.9. The number of fused-ring (bicyclic) bond motifs is 1. The number of hydrogen-bond acceptors (Lipinski definition) is 6. The van der Waals surface area contributed by atoms with Gasteiger partial charge in [0.25, 0.3) is 5.91 Å². The number of carbonyl (C=O) groups is 2. The van der Waals surface area contributed by atoms with Crippen molar-refractivity contribution in [2.75, 3.05) is 6.61 Å². The smallest absolute Gasteiger partial charge is 0.268 e. The van der Waals surface area contributed by atoms with E-state index in [1.165, 1.54) is 11.2 Å². The summed E-state index contributed by atoms with van der Waals surface area (Å²) in [6.07, 6.45) is 2.15. The highest BCUT2D eigenvalue weighted by Gasteiger charge is 2.38. The van der Waals surface area contributed by atoms with E-state index < -0.39 is 12.1 Å². The number of para-hydroxylation sites is 2. The van der Waals surface area contributed by atoms with E-state index in [1.54, 1.807) is 42.7 Å². The first-order chi connectivity index (χ1) is 17.6. The summed E-state index contributed by atoms with van der Waals surface area (Å²) in [6, 6.07) is 20.8. The van der Waals surface area contributed by atoms with Gasteiger partial charge in [0, 0.05) is 0 Å². The largest absolute Gasteiger partial charge is 0.485 e. The Kier molecular flexibility index (Phi) is 6.75. The molecule has 1 N–H and O–H groups in total. The van der Waals surface area contributed by atoms with Crippen LogP contribution >= 0.6 is 0 Å². The van der Waals surface area contributed by atoms with Crippen molar-refractivity contribution in [2.24, 2.45) is 0 Å². The van der Waals surface area contributed by atoms with Crippen LogP contribution in [0.4, 0.5) is 0 Å². The lowest BCUT2D eigenvalue weighted by molar-refractivity contribution is -0.149. The predicted octanol–water partition coefficient (Wildman–Crippen LogP) is 4.41. The summed E-state index contributed by atoms with van der Waals surface area (Å²) in [6.45, 7) is 2.25. The first-order valence-corrected chi connectivity index (χ1v) is 11.7. The number of rotatable bonds is 8. The summed E-state index contributed by atoms with van der Waals surface area (Å²) in [5, 5.41) is 2.90. The number of hydrogen-bond donors (Lipinski definition) is 1. The van der Waals surface area contributed by atoms with Gasteiger partial charge >= 0.3 is 0 Å². The maximum absolute atomic E-state index is 13.9. The van der Waals surface area contributed by atoms with Gasteiger partial charge in [0.15, 0.2) is 11.5 Å². The molecule has 8 heteroatoms. The van der Waals surface area contributed by atoms with Crippen molar-refractivity contribution >= 4 is 11.8 Å². The van der Waals surface area contributed by atoms with Crippen LogP contribution in [-0.4, -0.2) is 29.4 Å². The molecule has 0 bridgehead atoms. The number of carbonyl (C=O) groups excluding carboxylic acids is 2. The molecular weight excluding hydrogens is 460 g/mol. The first kappa shape index (κ1) is 23.3. The molecule has 3 heterocycles. The minimum absolute atomic E-state index is 0.0269. The topological polar surface area (TPSA) is 94.2 Å². The number of nitrogens with zero attached hydrogens (tertiary/aromatic N) is 1.